The van der Waals surface area contributed by atoms with Crippen molar-refractivity contribution in [2.45, 2.75) is 4.90 Å². The Hall–Kier alpha value is -3.72. The Morgan fingerprint density at radius 2 is 1.64 bits per heavy atom. The number of para-hydroxylation sites is 1. The normalized spacial score (nSPS) is 11.3. The molecule has 1 amide bonds. The molecule has 0 radical (unpaired) electrons. The molecule has 0 aliphatic heterocycles. The van der Waals surface area contributed by atoms with Crippen molar-refractivity contribution >= 4 is 38.5 Å². The van der Waals surface area contributed by atoms with E-state index in [0.29, 0.717) is 11.4 Å². The number of aromatic nitrogens is 3. The van der Waals surface area contributed by atoms with Gasteiger partial charge in [-0.15, -0.1) is 0 Å². The van der Waals surface area contributed by atoms with Crippen LogP contribution in [0.3, 0.4) is 0 Å². The second-order valence-electron chi connectivity index (χ2n) is 5.93. The molecule has 4 aromatic rings. The molecule has 0 unspecified atom stereocenters. The van der Waals surface area contributed by atoms with E-state index in [-0.39, 0.29) is 16.8 Å². The first kappa shape index (κ1) is 17.7. The van der Waals surface area contributed by atoms with Crippen LogP contribution in [0, 0.1) is 0 Å². The standard InChI is InChI=1S/C19H15N5O3S/c25-18(17-12-13-4-1-2-5-16(13)23-17)22-14-6-8-15(9-7-14)28(26,27)24-19-20-10-3-11-21-19/h1-12,23H,(H,22,25)(H,20,21,24). The maximum Gasteiger partial charge on any atom is 0.272 e. The van der Waals surface area contributed by atoms with E-state index < -0.39 is 10.0 Å². The van der Waals surface area contributed by atoms with Crippen molar-refractivity contribution in [2.24, 2.45) is 0 Å². The summed E-state index contributed by atoms with van der Waals surface area (Å²) in [4.78, 5) is 23.2. The van der Waals surface area contributed by atoms with Crippen molar-refractivity contribution in [1.82, 2.24) is 15.0 Å². The van der Waals surface area contributed by atoms with Crippen LogP contribution in [0.2, 0.25) is 0 Å². The molecule has 2 heterocycles. The molecule has 0 fully saturated rings. The number of anilines is 2. The number of carbonyl (C=O) groups excluding carboxylic acids is 1. The molecule has 0 saturated heterocycles. The molecule has 2 aromatic carbocycles. The highest BCUT2D eigenvalue weighted by molar-refractivity contribution is 7.92. The van der Waals surface area contributed by atoms with Crippen LogP contribution < -0.4 is 10.0 Å². The highest BCUT2D eigenvalue weighted by Crippen LogP contribution is 2.19. The van der Waals surface area contributed by atoms with Gasteiger partial charge in [0.05, 0.1) is 4.90 Å². The maximum atomic E-state index is 12.4. The molecule has 4 rings (SSSR count). The summed E-state index contributed by atoms with van der Waals surface area (Å²) in [6.45, 7) is 0. The van der Waals surface area contributed by atoms with E-state index in [2.05, 4.69) is 25.0 Å². The molecule has 8 nitrogen and oxygen atoms in total. The molecule has 0 aliphatic carbocycles. The first-order valence-corrected chi connectivity index (χ1v) is 9.79. The molecule has 0 bridgehead atoms. The number of rotatable bonds is 5. The van der Waals surface area contributed by atoms with Crippen LogP contribution in [0.15, 0.2) is 78.0 Å². The number of fused-ring (bicyclic) bond motifs is 1. The zero-order valence-corrected chi connectivity index (χ0v) is 15.3. The Bertz CT molecular complexity index is 1200. The first-order chi connectivity index (χ1) is 13.5. The molecule has 3 N–H and O–H groups in total. The molecular formula is C19H15N5O3S. The predicted molar refractivity (Wildman–Crippen MR) is 106 cm³/mol. The van der Waals surface area contributed by atoms with Gasteiger partial charge in [-0.3, -0.25) is 4.79 Å². The van der Waals surface area contributed by atoms with Crippen LogP contribution in [0.1, 0.15) is 10.5 Å². The monoisotopic (exact) mass is 393 g/mol. The first-order valence-electron chi connectivity index (χ1n) is 8.30. The summed E-state index contributed by atoms with van der Waals surface area (Å²) in [6.07, 6.45) is 2.88. The van der Waals surface area contributed by atoms with Crippen molar-refractivity contribution in [1.29, 1.82) is 0 Å². The molecule has 9 heteroatoms. The van der Waals surface area contributed by atoms with Gasteiger partial charge >= 0.3 is 0 Å². The Labute approximate surface area is 160 Å². The molecule has 0 aliphatic rings. The lowest BCUT2D eigenvalue weighted by Gasteiger charge is -2.08. The zero-order chi connectivity index (χ0) is 19.6. The van der Waals surface area contributed by atoms with Crippen LogP contribution in [-0.4, -0.2) is 29.3 Å². The number of hydrogen-bond donors (Lipinski definition) is 3. The Balaban J connectivity index is 1.49. The summed E-state index contributed by atoms with van der Waals surface area (Å²) in [5, 5.41) is 3.67. The lowest BCUT2D eigenvalue weighted by atomic mass is 10.2. The summed E-state index contributed by atoms with van der Waals surface area (Å²) in [5.74, 6) is -0.332. The molecular weight excluding hydrogens is 378 g/mol. The van der Waals surface area contributed by atoms with Gasteiger partial charge in [0.15, 0.2) is 0 Å². The minimum absolute atomic E-state index is 0.0151. The van der Waals surface area contributed by atoms with Gasteiger partial charge in [-0.2, -0.15) is 0 Å². The highest BCUT2D eigenvalue weighted by atomic mass is 32.2. The van der Waals surface area contributed by atoms with E-state index >= 15 is 0 Å². The number of H-pyrrole nitrogens is 1. The van der Waals surface area contributed by atoms with Crippen LogP contribution in [-0.2, 0) is 10.0 Å². The van der Waals surface area contributed by atoms with Gasteiger partial charge in [0.1, 0.15) is 5.69 Å². The van der Waals surface area contributed by atoms with Crippen LogP contribution in [0.4, 0.5) is 11.6 Å². The minimum Gasteiger partial charge on any atom is -0.351 e. The average Bonchev–Trinajstić information content (AvgIpc) is 3.13. The lowest BCUT2D eigenvalue weighted by molar-refractivity contribution is 0.102. The van der Waals surface area contributed by atoms with Gasteiger partial charge < -0.3 is 10.3 Å². The molecule has 0 spiro atoms. The fourth-order valence-corrected chi connectivity index (χ4v) is 3.60. The number of hydrogen-bond acceptors (Lipinski definition) is 5. The molecule has 0 saturated carbocycles. The fourth-order valence-electron chi connectivity index (χ4n) is 2.64. The zero-order valence-electron chi connectivity index (χ0n) is 14.5. The van der Waals surface area contributed by atoms with Gasteiger partial charge in [-0.25, -0.2) is 23.1 Å². The van der Waals surface area contributed by atoms with Crippen molar-refractivity contribution in [3.05, 3.63) is 78.8 Å². The Morgan fingerprint density at radius 3 is 2.36 bits per heavy atom. The van der Waals surface area contributed by atoms with Crippen LogP contribution >= 0.6 is 0 Å². The average molecular weight is 393 g/mol. The summed E-state index contributed by atoms with van der Waals surface area (Å²) >= 11 is 0. The van der Waals surface area contributed by atoms with E-state index in [4.69, 9.17) is 0 Å². The molecule has 28 heavy (non-hydrogen) atoms. The van der Waals surface area contributed by atoms with Gasteiger partial charge in [-0.1, -0.05) is 18.2 Å². The van der Waals surface area contributed by atoms with Gasteiger partial charge in [0.2, 0.25) is 5.95 Å². The molecule has 2 aromatic heterocycles. The number of aromatic amines is 1. The van der Waals surface area contributed by atoms with E-state index in [0.717, 1.165) is 10.9 Å². The van der Waals surface area contributed by atoms with Crippen molar-refractivity contribution in [3.63, 3.8) is 0 Å². The van der Waals surface area contributed by atoms with Gasteiger partial charge in [0.25, 0.3) is 15.9 Å². The topological polar surface area (TPSA) is 117 Å². The van der Waals surface area contributed by atoms with E-state index in [1.807, 2.05) is 24.3 Å². The Morgan fingerprint density at radius 1 is 0.929 bits per heavy atom. The third kappa shape index (κ3) is 3.69. The Kier molecular flexibility index (Phi) is 4.50. The minimum atomic E-state index is -3.82. The van der Waals surface area contributed by atoms with E-state index in [1.54, 1.807) is 12.1 Å². The molecule has 140 valence electrons. The van der Waals surface area contributed by atoms with E-state index in [9.17, 15) is 13.2 Å². The number of amides is 1. The number of carbonyl (C=O) groups is 1. The van der Waals surface area contributed by atoms with Crippen molar-refractivity contribution < 1.29 is 13.2 Å². The third-order valence-electron chi connectivity index (χ3n) is 3.99. The summed E-state index contributed by atoms with van der Waals surface area (Å²) in [5.41, 5.74) is 1.75. The summed E-state index contributed by atoms with van der Waals surface area (Å²) in [6, 6.07) is 16.7. The van der Waals surface area contributed by atoms with E-state index in [1.165, 1.54) is 36.7 Å². The lowest BCUT2D eigenvalue weighted by Crippen LogP contribution is -2.15. The van der Waals surface area contributed by atoms with Crippen LogP contribution in [0.5, 0.6) is 0 Å². The van der Waals surface area contributed by atoms with Crippen LogP contribution in [0.25, 0.3) is 10.9 Å². The maximum absolute atomic E-state index is 12.4. The fraction of sp³-hybridized carbons (Fsp3) is 0. The summed E-state index contributed by atoms with van der Waals surface area (Å²) in [7, 11) is -3.82. The summed E-state index contributed by atoms with van der Waals surface area (Å²) < 4.78 is 27.0. The highest BCUT2D eigenvalue weighted by Gasteiger charge is 2.16. The number of nitrogens with one attached hydrogen (secondary N) is 3. The van der Waals surface area contributed by atoms with Crippen molar-refractivity contribution in [2.75, 3.05) is 10.0 Å². The third-order valence-corrected chi connectivity index (χ3v) is 5.33. The quantitative estimate of drug-likeness (QED) is 0.482. The SMILES string of the molecule is O=C(Nc1ccc(S(=O)(=O)Nc2ncccn2)cc1)c1cc2ccccc2[nH]1. The largest absolute Gasteiger partial charge is 0.351 e. The predicted octanol–water partition coefficient (Wildman–Crippen LogP) is 3.01. The van der Waals surface area contributed by atoms with Gasteiger partial charge in [0, 0.05) is 29.0 Å². The van der Waals surface area contributed by atoms with Gasteiger partial charge in [-0.05, 0) is 42.5 Å². The number of nitrogens with zero attached hydrogens (tertiary/aromatic N) is 2. The second kappa shape index (κ2) is 7.12. The van der Waals surface area contributed by atoms with Crippen molar-refractivity contribution in [3.8, 4) is 0 Å². The smallest absolute Gasteiger partial charge is 0.272 e. The number of sulfonamides is 1. The molecule has 0 atom stereocenters. The number of benzene rings is 2. The second-order valence-corrected chi connectivity index (χ2v) is 7.61.